The van der Waals surface area contributed by atoms with Gasteiger partial charge >= 0.3 is 0 Å². The number of methoxy groups -OCH3 is 1. The summed E-state index contributed by atoms with van der Waals surface area (Å²) in [4.78, 5) is 0. The van der Waals surface area contributed by atoms with Crippen LogP contribution in [-0.2, 0) is 0 Å². The molecule has 0 atom stereocenters. The first-order valence-electron chi connectivity index (χ1n) is 5.87. The number of anilines is 2. The molecule has 0 amide bonds. The van der Waals surface area contributed by atoms with Crippen molar-refractivity contribution in [1.29, 1.82) is 0 Å². The second-order valence-corrected chi connectivity index (χ2v) is 4.44. The summed E-state index contributed by atoms with van der Waals surface area (Å²) in [6, 6.07) is 8.71. The third kappa shape index (κ3) is 3.63. The lowest BCUT2D eigenvalue weighted by Gasteiger charge is -2.12. The number of halogens is 3. The first-order valence-corrected chi connectivity index (χ1v) is 6.27. The van der Waals surface area contributed by atoms with Gasteiger partial charge in [0.05, 0.1) is 12.8 Å². The van der Waals surface area contributed by atoms with E-state index in [1.54, 1.807) is 31.4 Å². The summed E-state index contributed by atoms with van der Waals surface area (Å²) in [6.07, 6.45) is 0. The Morgan fingerprint density at radius 2 is 1.62 bits per heavy atom. The van der Waals surface area contributed by atoms with Crippen molar-refractivity contribution in [3.8, 4) is 5.75 Å². The van der Waals surface area contributed by atoms with E-state index < -0.39 is 17.5 Å². The van der Waals surface area contributed by atoms with Gasteiger partial charge in [-0.2, -0.15) is 0 Å². The van der Waals surface area contributed by atoms with Crippen LogP contribution in [-0.4, -0.2) is 12.2 Å². The maximum absolute atomic E-state index is 13.5. The monoisotopic (exact) mass is 312 g/mol. The van der Waals surface area contributed by atoms with E-state index in [1.165, 1.54) is 0 Å². The van der Waals surface area contributed by atoms with Gasteiger partial charge in [-0.15, -0.1) is 0 Å². The Morgan fingerprint density at radius 3 is 2.24 bits per heavy atom. The summed E-state index contributed by atoms with van der Waals surface area (Å²) in [5.41, 5.74) is 0.385. The first-order chi connectivity index (χ1) is 10.0. The molecule has 110 valence electrons. The van der Waals surface area contributed by atoms with Gasteiger partial charge in [-0.1, -0.05) is 0 Å². The molecule has 2 aromatic carbocycles. The predicted molar refractivity (Wildman–Crippen MR) is 79.2 cm³/mol. The topological polar surface area (TPSA) is 33.3 Å². The van der Waals surface area contributed by atoms with Crippen molar-refractivity contribution in [1.82, 2.24) is 0 Å². The maximum Gasteiger partial charge on any atom is 0.196 e. The molecule has 0 radical (unpaired) electrons. The van der Waals surface area contributed by atoms with Gasteiger partial charge in [-0.05, 0) is 48.6 Å². The highest BCUT2D eigenvalue weighted by atomic mass is 32.1. The fourth-order valence-corrected chi connectivity index (χ4v) is 1.81. The average Bonchev–Trinajstić information content (AvgIpc) is 2.49. The molecule has 0 saturated carbocycles. The van der Waals surface area contributed by atoms with Crippen LogP contribution in [0, 0.1) is 17.5 Å². The minimum atomic E-state index is -1.55. The van der Waals surface area contributed by atoms with Gasteiger partial charge in [0.1, 0.15) is 5.75 Å². The molecule has 7 heteroatoms. The zero-order valence-electron chi connectivity index (χ0n) is 10.9. The summed E-state index contributed by atoms with van der Waals surface area (Å²) >= 11 is 4.98. The van der Waals surface area contributed by atoms with E-state index in [4.69, 9.17) is 17.0 Å². The molecule has 0 fully saturated rings. The second-order valence-electron chi connectivity index (χ2n) is 4.03. The highest BCUT2D eigenvalue weighted by Crippen LogP contribution is 2.20. The van der Waals surface area contributed by atoms with E-state index in [1.807, 2.05) is 0 Å². The first kappa shape index (κ1) is 15.1. The molecule has 0 aliphatic heterocycles. The Kier molecular flexibility index (Phi) is 4.64. The molecule has 3 nitrogen and oxygen atoms in total. The quantitative estimate of drug-likeness (QED) is 0.665. The Bertz CT molecular complexity index is 662. The predicted octanol–water partition coefficient (Wildman–Crippen LogP) is 3.92. The molecule has 0 heterocycles. The van der Waals surface area contributed by atoms with E-state index in [9.17, 15) is 13.2 Å². The smallest absolute Gasteiger partial charge is 0.196 e. The van der Waals surface area contributed by atoms with Gasteiger partial charge in [0.25, 0.3) is 0 Å². The summed E-state index contributed by atoms with van der Waals surface area (Å²) < 4.78 is 44.4. The zero-order chi connectivity index (χ0) is 15.4. The van der Waals surface area contributed by atoms with Crippen molar-refractivity contribution in [2.24, 2.45) is 0 Å². The van der Waals surface area contributed by atoms with Crippen LogP contribution in [0.15, 0.2) is 36.4 Å². The van der Waals surface area contributed by atoms with Crippen LogP contribution < -0.4 is 15.4 Å². The molecule has 2 rings (SSSR count). The third-order valence-corrected chi connectivity index (χ3v) is 2.84. The molecule has 2 N–H and O–H groups in total. The Balaban J connectivity index is 2.06. The van der Waals surface area contributed by atoms with Gasteiger partial charge in [-0.25, -0.2) is 13.2 Å². The number of thiocarbonyl (C=S) groups is 1. The average molecular weight is 312 g/mol. The summed E-state index contributed by atoms with van der Waals surface area (Å²) in [7, 11) is 1.54. The molecular formula is C14H11F3N2OS. The van der Waals surface area contributed by atoms with Crippen molar-refractivity contribution in [2.75, 3.05) is 17.7 Å². The Labute approximate surface area is 124 Å². The van der Waals surface area contributed by atoms with Gasteiger partial charge in [0.2, 0.25) is 0 Å². The van der Waals surface area contributed by atoms with E-state index in [-0.39, 0.29) is 10.8 Å². The molecule has 0 spiro atoms. The van der Waals surface area contributed by atoms with Crippen LogP contribution in [0.2, 0.25) is 0 Å². The van der Waals surface area contributed by atoms with Crippen LogP contribution in [0.4, 0.5) is 24.5 Å². The number of hydrogen-bond acceptors (Lipinski definition) is 2. The van der Waals surface area contributed by atoms with Gasteiger partial charge in [0, 0.05) is 5.69 Å². The van der Waals surface area contributed by atoms with Crippen molar-refractivity contribution >= 4 is 28.7 Å². The molecule has 0 aliphatic carbocycles. The number of hydrogen-bond donors (Lipinski definition) is 2. The SMILES string of the molecule is COc1ccc(NC(=S)Nc2ccc(F)c(F)c2F)cc1. The second kappa shape index (κ2) is 6.45. The van der Waals surface area contributed by atoms with Crippen LogP contribution in [0.1, 0.15) is 0 Å². The summed E-state index contributed by atoms with van der Waals surface area (Å²) in [6.45, 7) is 0. The molecule has 0 aromatic heterocycles. The number of nitrogens with one attached hydrogen (secondary N) is 2. The van der Waals surface area contributed by atoms with Crippen molar-refractivity contribution in [2.45, 2.75) is 0 Å². The normalized spacial score (nSPS) is 10.1. The van der Waals surface area contributed by atoms with Gasteiger partial charge < -0.3 is 15.4 Å². The Hall–Kier alpha value is -2.28. The van der Waals surface area contributed by atoms with Crippen molar-refractivity contribution < 1.29 is 17.9 Å². The summed E-state index contributed by atoms with van der Waals surface area (Å²) in [5.74, 6) is -3.46. The fraction of sp³-hybridized carbons (Fsp3) is 0.0714. The molecule has 0 unspecified atom stereocenters. The van der Waals surface area contributed by atoms with E-state index in [2.05, 4.69) is 10.6 Å². The lowest BCUT2D eigenvalue weighted by atomic mass is 10.3. The lowest BCUT2D eigenvalue weighted by molar-refractivity contribution is 0.415. The van der Waals surface area contributed by atoms with Gasteiger partial charge in [0.15, 0.2) is 22.6 Å². The van der Waals surface area contributed by atoms with Crippen LogP contribution in [0.3, 0.4) is 0 Å². The molecule has 0 saturated heterocycles. The van der Waals surface area contributed by atoms with E-state index in [0.717, 1.165) is 12.1 Å². The van der Waals surface area contributed by atoms with Crippen molar-refractivity contribution in [3.05, 3.63) is 53.8 Å². The Morgan fingerprint density at radius 1 is 0.952 bits per heavy atom. The lowest BCUT2D eigenvalue weighted by Crippen LogP contribution is -2.20. The standard InChI is InChI=1S/C14H11F3N2OS/c1-20-9-4-2-8(3-5-9)18-14(21)19-11-7-6-10(15)12(16)13(11)17/h2-7H,1H3,(H2,18,19,21). The van der Waals surface area contributed by atoms with E-state index >= 15 is 0 Å². The minimum absolute atomic E-state index is 0.0464. The molecule has 0 aliphatic rings. The molecule has 2 aromatic rings. The number of benzene rings is 2. The fourth-order valence-electron chi connectivity index (χ4n) is 1.58. The molecular weight excluding hydrogens is 301 g/mol. The highest BCUT2D eigenvalue weighted by molar-refractivity contribution is 7.80. The van der Waals surface area contributed by atoms with Crippen LogP contribution >= 0.6 is 12.2 Å². The largest absolute Gasteiger partial charge is 0.497 e. The van der Waals surface area contributed by atoms with Crippen molar-refractivity contribution in [3.63, 3.8) is 0 Å². The highest BCUT2D eigenvalue weighted by Gasteiger charge is 2.14. The summed E-state index contributed by atoms with van der Waals surface area (Å²) in [5, 5.41) is 5.29. The number of ether oxygens (including phenoxy) is 1. The number of rotatable bonds is 3. The minimum Gasteiger partial charge on any atom is -0.497 e. The third-order valence-electron chi connectivity index (χ3n) is 2.63. The van der Waals surface area contributed by atoms with E-state index in [0.29, 0.717) is 11.4 Å². The zero-order valence-corrected chi connectivity index (χ0v) is 11.7. The maximum atomic E-state index is 13.5. The van der Waals surface area contributed by atoms with Crippen LogP contribution in [0.25, 0.3) is 0 Å². The van der Waals surface area contributed by atoms with Crippen LogP contribution in [0.5, 0.6) is 5.75 Å². The molecule has 21 heavy (non-hydrogen) atoms. The molecule has 0 bridgehead atoms. The van der Waals surface area contributed by atoms with Gasteiger partial charge in [-0.3, -0.25) is 0 Å².